The van der Waals surface area contributed by atoms with Gasteiger partial charge >= 0.3 is 0 Å². The maximum absolute atomic E-state index is 6.04. The largest absolute Gasteiger partial charge is 0.0847 e. The molecule has 0 nitrogen and oxygen atoms in total. The second kappa shape index (κ2) is 7.87. The first-order chi connectivity index (χ1) is 6.60. The van der Waals surface area contributed by atoms with E-state index < -0.39 is 0 Å². The fourth-order valence-electron chi connectivity index (χ4n) is 0.913. The molecule has 0 bridgehead atoms. The predicted molar refractivity (Wildman–Crippen MR) is 66.6 cm³/mol. The van der Waals surface area contributed by atoms with Crippen molar-refractivity contribution in [1.82, 2.24) is 0 Å². The van der Waals surface area contributed by atoms with Crippen LogP contribution in [-0.4, -0.2) is 0 Å². The van der Waals surface area contributed by atoms with Crippen molar-refractivity contribution in [2.75, 3.05) is 0 Å². The molecule has 0 spiro atoms. The molecule has 1 heteroatoms. The zero-order valence-electron chi connectivity index (χ0n) is 9.73. The van der Waals surface area contributed by atoms with E-state index in [-0.39, 0.29) is 0 Å². The van der Waals surface area contributed by atoms with E-state index in [1.54, 1.807) is 0 Å². The second-order valence-electron chi connectivity index (χ2n) is 3.57. The zero-order chi connectivity index (χ0) is 11.0. The van der Waals surface area contributed by atoms with E-state index in [0.29, 0.717) is 0 Å². The lowest BCUT2D eigenvalue weighted by Gasteiger charge is -1.95. The molecule has 0 saturated carbocycles. The van der Waals surface area contributed by atoms with E-state index in [9.17, 15) is 0 Å². The van der Waals surface area contributed by atoms with Crippen LogP contribution in [0.5, 0.6) is 0 Å². The second-order valence-corrected chi connectivity index (χ2v) is 4.01. The van der Waals surface area contributed by atoms with Gasteiger partial charge in [-0.1, -0.05) is 48.7 Å². The molecule has 0 aliphatic rings. The van der Waals surface area contributed by atoms with Crippen molar-refractivity contribution < 1.29 is 0 Å². The molecule has 0 aliphatic heterocycles. The molecule has 0 N–H and O–H groups in total. The zero-order valence-corrected chi connectivity index (χ0v) is 10.5. The van der Waals surface area contributed by atoms with Gasteiger partial charge in [0.1, 0.15) is 0 Å². The van der Waals surface area contributed by atoms with Crippen molar-refractivity contribution in [3.8, 4) is 0 Å². The van der Waals surface area contributed by atoms with E-state index in [1.165, 1.54) is 11.1 Å². The molecule has 0 rings (SSSR count). The molecule has 80 valence electrons. The predicted octanol–water partition coefficient (Wildman–Crippen LogP) is 5.21. The Morgan fingerprint density at radius 3 is 2.07 bits per heavy atom. The monoisotopic (exact) mass is 212 g/mol. The molecule has 0 saturated heterocycles. The minimum atomic E-state index is 0.851. The maximum atomic E-state index is 6.04. The number of rotatable bonds is 5. The Hall–Kier alpha value is -0.490. The van der Waals surface area contributed by atoms with Crippen molar-refractivity contribution in [2.45, 2.75) is 47.0 Å². The van der Waals surface area contributed by atoms with Gasteiger partial charge in [-0.05, 0) is 39.2 Å². The molecular formula is C13H21Cl. The number of halogens is 1. The fourth-order valence-corrected chi connectivity index (χ4v) is 1.19. The Morgan fingerprint density at radius 2 is 1.57 bits per heavy atom. The van der Waals surface area contributed by atoms with Gasteiger partial charge in [-0.25, -0.2) is 0 Å². The van der Waals surface area contributed by atoms with Gasteiger partial charge in [0.05, 0.1) is 0 Å². The summed E-state index contributed by atoms with van der Waals surface area (Å²) in [5, 5.41) is 0.851. The van der Waals surface area contributed by atoms with Gasteiger partial charge in [-0.3, -0.25) is 0 Å². The van der Waals surface area contributed by atoms with E-state index in [0.717, 1.165) is 24.3 Å². The minimum absolute atomic E-state index is 0.851. The highest BCUT2D eigenvalue weighted by Gasteiger charge is 1.88. The van der Waals surface area contributed by atoms with Crippen LogP contribution in [0.15, 0.2) is 34.4 Å². The number of allylic oxidation sites excluding steroid dienone is 6. The van der Waals surface area contributed by atoms with Gasteiger partial charge in [0.25, 0.3) is 0 Å². The first-order valence-corrected chi connectivity index (χ1v) is 5.66. The van der Waals surface area contributed by atoms with Crippen LogP contribution in [0.2, 0.25) is 0 Å². The average molecular weight is 213 g/mol. The Kier molecular flexibility index (Phi) is 7.60. The summed E-state index contributed by atoms with van der Waals surface area (Å²) >= 11 is 6.04. The van der Waals surface area contributed by atoms with Crippen LogP contribution < -0.4 is 0 Å². The van der Waals surface area contributed by atoms with Crippen molar-refractivity contribution in [2.24, 2.45) is 0 Å². The summed E-state index contributed by atoms with van der Waals surface area (Å²) in [4.78, 5) is 0. The SMILES string of the molecule is CC/C(C)=C\CC=C(Cl)/C=C(\C)CC. The Bertz CT molecular complexity index is 244. The third-order valence-corrected chi connectivity index (χ3v) is 2.54. The molecule has 0 radical (unpaired) electrons. The van der Waals surface area contributed by atoms with Gasteiger partial charge < -0.3 is 0 Å². The summed E-state index contributed by atoms with van der Waals surface area (Å²) in [6, 6.07) is 0. The van der Waals surface area contributed by atoms with E-state index in [1.807, 2.05) is 6.08 Å². The molecule has 0 fully saturated rings. The topological polar surface area (TPSA) is 0 Å². The first-order valence-electron chi connectivity index (χ1n) is 5.28. The van der Waals surface area contributed by atoms with Crippen LogP contribution >= 0.6 is 11.6 Å². The summed E-state index contributed by atoms with van der Waals surface area (Å²) in [5.41, 5.74) is 2.74. The molecule has 14 heavy (non-hydrogen) atoms. The molecular weight excluding hydrogens is 192 g/mol. The smallest absolute Gasteiger partial charge is 0.0368 e. The van der Waals surface area contributed by atoms with Gasteiger partial charge in [-0.2, -0.15) is 0 Å². The fraction of sp³-hybridized carbons (Fsp3) is 0.538. The van der Waals surface area contributed by atoms with Gasteiger partial charge in [-0.15, -0.1) is 0 Å². The molecule has 0 heterocycles. The molecule has 0 aliphatic carbocycles. The van der Waals surface area contributed by atoms with Crippen molar-refractivity contribution >= 4 is 11.6 Å². The maximum Gasteiger partial charge on any atom is 0.0368 e. The van der Waals surface area contributed by atoms with Gasteiger partial charge in [0.2, 0.25) is 0 Å². The third-order valence-electron chi connectivity index (χ3n) is 2.28. The highest BCUT2D eigenvalue weighted by molar-refractivity contribution is 6.31. The number of hydrogen-bond donors (Lipinski definition) is 0. The summed E-state index contributed by atoms with van der Waals surface area (Å²) < 4.78 is 0. The lowest BCUT2D eigenvalue weighted by atomic mass is 10.2. The summed E-state index contributed by atoms with van der Waals surface area (Å²) in [5.74, 6) is 0. The van der Waals surface area contributed by atoms with Crippen LogP contribution in [0.25, 0.3) is 0 Å². The van der Waals surface area contributed by atoms with Gasteiger partial charge in [0.15, 0.2) is 0 Å². The van der Waals surface area contributed by atoms with Crippen LogP contribution in [0.4, 0.5) is 0 Å². The molecule has 0 aromatic heterocycles. The number of hydrogen-bond acceptors (Lipinski definition) is 0. The third kappa shape index (κ3) is 6.97. The van der Waals surface area contributed by atoms with Crippen molar-refractivity contribution in [3.63, 3.8) is 0 Å². The van der Waals surface area contributed by atoms with E-state index >= 15 is 0 Å². The highest BCUT2D eigenvalue weighted by Crippen LogP contribution is 2.11. The lowest BCUT2D eigenvalue weighted by molar-refractivity contribution is 1.08. The van der Waals surface area contributed by atoms with E-state index in [2.05, 4.69) is 39.8 Å². The van der Waals surface area contributed by atoms with Gasteiger partial charge in [0, 0.05) is 5.03 Å². The quantitative estimate of drug-likeness (QED) is 0.434. The summed E-state index contributed by atoms with van der Waals surface area (Å²) in [7, 11) is 0. The van der Waals surface area contributed by atoms with Crippen LogP contribution in [0.3, 0.4) is 0 Å². The molecule has 0 unspecified atom stereocenters. The standard InChI is InChI=1S/C13H21Cl/c1-5-11(3)8-7-9-13(14)10-12(4)6-2/h8-10H,5-7H2,1-4H3/b11-8-,12-10+,13-9?. The van der Waals surface area contributed by atoms with Crippen LogP contribution in [0.1, 0.15) is 47.0 Å². The Morgan fingerprint density at radius 1 is 1.00 bits per heavy atom. The van der Waals surface area contributed by atoms with Crippen LogP contribution in [-0.2, 0) is 0 Å². The highest BCUT2D eigenvalue weighted by atomic mass is 35.5. The van der Waals surface area contributed by atoms with Crippen molar-refractivity contribution in [1.29, 1.82) is 0 Å². The lowest BCUT2D eigenvalue weighted by Crippen LogP contribution is -1.74. The summed E-state index contributed by atoms with van der Waals surface area (Å²) in [6.07, 6.45) is 9.43. The summed E-state index contributed by atoms with van der Waals surface area (Å²) in [6.45, 7) is 8.55. The normalized spacial score (nSPS) is 14.8. The van der Waals surface area contributed by atoms with E-state index in [4.69, 9.17) is 11.6 Å². The molecule has 0 aromatic rings. The Labute approximate surface area is 93.4 Å². The molecule has 0 aromatic carbocycles. The van der Waals surface area contributed by atoms with Crippen LogP contribution in [0, 0.1) is 0 Å². The molecule has 0 amide bonds. The van der Waals surface area contributed by atoms with Crippen molar-refractivity contribution in [3.05, 3.63) is 34.4 Å². The molecule has 0 atom stereocenters. The minimum Gasteiger partial charge on any atom is -0.0847 e. The first kappa shape index (κ1) is 13.5. The Balaban J connectivity index is 4.13. The average Bonchev–Trinajstić information content (AvgIpc) is 2.17.